The van der Waals surface area contributed by atoms with Crippen LogP contribution in [-0.2, 0) is 11.3 Å². The maximum atomic E-state index is 13.5. The summed E-state index contributed by atoms with van der Waals surface area (Å²) in [6, 6.07) is 1.89. The number of carbonyl (C=O) groups excluding carboxylic acids is 1. The third kappa shape index (κ3) is 2.92. The van der Waals surface area contributed by atoms with Crippen LogP contribution in [0.25, 0.3) is 10.9 Å². The van der Waals surface area contributed by atoms with Crippen molar-refractivity contribution in [1.82, 2.24) is 4.57 Å². The number of alkyl halides is 3. The van der Waals surface area contributed by atoms with Crippen LogP contribution in [-0.4, -0.2) is 27.6 Å². The molecule has 112 valence electrons. The van der Waals surface area contributed by atoms with E-state index >= 15 is 0 Å². The first kappa shape index (κ1) is 15.5. The molecule has 0 atom stereocenters. The van der Waals surface area contributed by atoms with Crippen molar-refractivity contribution < 1.29 is 32.3 Å². The highest BCUT2D eigenvalue weighted by atomic mass is 79.9. The van der Waals surface area contributed by atoms with Crippen LogP contribution < -0.4 is 0 Å². The standard InChI is InChI=1S/C12H6BrF4NO3/c13-7-2-9-5(1-8(7)14)6(11(21)12(15,16)17)3-18(9)4-10(19)20/h1-3H,4H2,(H,19,20). The first-order valence-corrected chi connectivity index (χ1v) is 6.21. The molecule has 4 nitrogen and oxygen atoms in total. The van der Waals surface area contributed by atoms with Crippen LogP contribution in [0.4, 0.5) is 17.6 Å². The number of rotatable bonds is 3. The summed E-state index contributed by atoms with van der Waals surface area (Å²) in [6.07, 6.45) is -4.37. The lowest BCUT2D eigenvalue weighted by Gasteiger charge is -2.03. The number of Topliss-reactive ketones (excluding diaryl/α,β-unsaturated/α-hetero) is 1. The predicted octanol–water partition coefficient (Wildman–Crippen LogP) is 3.37. The number of hydrogen-bond donors (Lipinski definition) is 1. The van der Waals surface area contributed by atoms with Crippen LogP contribution >= 0.6 is 15.9 Å². The smallest absolute Gasteiger partial charge is 0.454 e. The van der Waals surface area contributed by atoms with Gasteiger partial charge in [-0.2, -0.15) is 13.2 Å². The Labute approximate surface area is 123 Å². The minimum absolute atomic E-state index is 0.0123. The van der Waals surface area contributed by atoms with Gasteiger partial charge in [0, 0.05) is 11.6 Å². The minimum atomic E-state index is -5.13. The topological polar surface area (TPSA) is 59.3 Å². The third-order valence-corrected chi connectivity index (χ3v) is 3.34. The number of carboxylic acid groups (broad SMARTS) is 1. The number of carbonyl (C=O) groups is 2. The predicted molar refractivity (Wildman–Crippen MR) is 67.6 cm³/mol. The van der Waals surface area contributed by atoms with Gasteiger partial charge < -0.3 is 9.67 Å². The van der Waals surface area contributed by atoms with Gasteiger partial charge in [0.1, 0.15) is 12.4 Å². The molecule has 21 heavy (non-hydrogen) atoms. The molecule has 0 aliphatic carbocycles. The van der Waals surface area contributed by atoms with Crippen molar-refractivity contribution in [3.63, 3.8) is 0 Å². The first-order valence-electron chi connectivity index (χ1n) is 5.42. The van der Waals surface area contributed by atoms with Gasteiger partial charge in [-0.25, -0.2) is 4.39 Å². The number of halogens is 5. The van der Waals surface area contributed by atoms with Gasteiger partial charge in [-0.3, -0.25) is 9.59 Å². The Kier molecular flexibility index (Phi) is 3.79. The molecule has 1 aromatic carbocycles. The second-order valence-corrected chi connectivity index (χ2v) is 5.03. The van der Waals surface area contributed by atoms with E-state index in [1.54, 1.807) is 0 Å². The molecule has 0 saturated carbocycles. The molecule has 1 N–H and O–H groups in total. The van der Waals surface area contributed by atoms with Gasteiger partial charge in [-0.15, -0.1) is 0 Å². The van der Waals surface area contributed by atoms with E-state index in [4.69, 9.17) is 5.11 Å². The maximum Gasteiger partial charge on any atom is 0.454 e. The normalized spacial score (nSPS) is 11.9. The lowest BCUT2D eigenvalue weighted by atomic mass is 10.1. The maximum absolute atomic E-state index is 13.5. The molecule has 0 bridgehead atoms. The average Bonchev–Trinajstić information content (AvgIpc) is 2.65. The minimum Gasteiger partial charge on any atom is -0.480 e. The lowest BCUT2D eigenvalue weighted by molar-refractivity contribution is -0.137. The number of nitrogens with zero attached hydrogens (tertiary/aromatic N) is 1. The van der Waals surface area contributed by atoms with Gasteiger partial charge in [0.05, 0.1) is 15.6 Å². The molecule has 0 spiro atoms. The zero-order valence-electron chi connectivity index (χ0n) is 10.0. The average molecular weight is 368 g/mol. The van der Waals surface area contributed by atoms with E-state index in [0.29, 0.717) is 0 Å². The molecule has 1 heterocycles. The molecule has 0 amide bonds. The number of aromatic nitrogens is 1. The Balaban J connectivity index is 2.74. The van der Waals surface area contributed by atoms with E-state index < -0.39 is 35.9 Å². The fourth-order valence-corrected chi connectivity index (χ4v) is 2.23. The van der Waals surface area contributed by atoms with Gasteiger partial charge in [-0.05, 0) is 28.1 Å². The van der Waals surface area contributed by atoms with E-state index in [9.17, 15) is 27.2 Å². The van der Waals surface area contributed by atoms with Crippen LogP contribution in [0.15, 0.2) is 22.8 Å². The quantitative estimate of drug-likeness (QED) is 0.668. The fourth-order valence-electron chi connectivity index (χ4n) is 1.89. The molecule has 0 aliphatic heterocycles. The molecule has 2 rings (SSSR count). The lowest BCUT2D eigenvalue weighted by Crippen LogP contribution is -2.22. The summed E-state index contributed by atoms with van der Waals surface area (Å²) in [5.74, 6) is -4.32. The van der Waals surface area contributed by atoms with Gasteiger partial charge in [0.2, 0.25) is 0 Å². The number of fused-ring (bicyclic) bond motifs is 1. The second-order valence-electron chi connectivity index (χ2n) is 4.17. The van der Waals surface area contributed by atoms with Crippen molar-refractivity contribution >= 4 is 38.6 Å². The van der Waals surface area contributed by atoms with Crippen LogP contribution in [0.5, 0.6) is 0 Å². The van der Waals surface area contributed by atoms with Crippen molar-refractivity contribution in [2.45, 2.75) is 12.7 Å². The van der Waals surface area contributed by atoms with Crippen molar-refractivity contribution in [2.24, 2.45) is 0 Å². The van der Waals surface area contributed by atoms with Crippen molar-refractivity contribution in [3.05, 3.63) is 34.2 Å². The fraction of sp³-hybridized carbons (Fsp3) is 0.167. The Bertz CT molecular complexity index is 751. The molecule has 9 heteroatoms. The van der Waals surface area contributed by atoms with E-state index in [-0.39, 0.29) is 15.4 Å². The monoisotopic (exact) mass is 367 g/mol. The molecule has 2 aromatic rings. The van der Waals surface area contributed by atoms with Gasteiger partial charge in [0.15, 0.2) is 0 Å². The van der Waals surface area contributed by atoms with E-state index in [1.807, 2.05) is 0 Å². The van der Waals surface area contributed by atoms with Gasteiger partial charge in [-0.1, -0.05) is 0 Å². The third-order valence-electron chi connectivity index (χ3n) is 2.73. The molecule has 0 radical (unpaired) electrons. The van der Waals surface area contributed by atoms with Crippen LogP contribution in [0.1, 0.15) is 10.4 Å². The highest BCUT2D eigenvalue weighted by Crippen LogP contribution is 2.31. The summed E-state index contributed by atoms with van der Waals surface area (Å²) in [4.78, 5) is 22.1. The van der Waals surface area contributed by atoms with Crippen molar-refractivity contribution in [2.75, 3.05) is 0 Å². The Morgan fingerprint density at radius 1 is 1.29 bits per heavy atom. The summed E-state index contributed by atoms with van der Waals surface area (Å²) < 4.78 is 52.0. The number of aliphatic carboxylic acids is 1. The number of hydrogen-bond acceptors (Lipinski definition) is 2. The summed E-state index contributed by atoms with van der Waals surface area (Å²) >= 11 is 2.86. The number of carboxylic acids is 1. The molecule has 0 fully saturated rings. The molecule has 0 aliphatic rings. The summed E-state index contributed by atoms with van der Waals surface area (Å²) in [6.45, 7) is -0.653. The molecular weight excluding hydrogens is 362 g/mol. The summed E-state index contributed by atoms with van der Waals surface area (Å²) in [5, 5.41) is 8.45. The number of benzene rings is 1. The highest BCUT2D eigenvalue weighted by molar-refractivity contribution is 9.10. The Morgan fingerprint density at radius 3 is 2.43 bits per heavy atom. The molecular formula is C12H6BrF4NO3. The van der Waals surface area contributed by atoms with Crippen LogP contribution in [0.2, 0.25) is 0 Å². The summed E-state index contributed by atoms with van der Waals surface area (Å²) in [7, 11) is 0. The summed E-state index contributed by atoms with van der Waals surface area (Å²) in [5.41, 5.74) is -0.775. The van der Waals surface area contributed by atoms with E-state index in [0.717, 1.165) is 22.9 Å². The number of ketones is 1. The van der Waals surface area contributed by atoms with Gasteiger partial charge >= 0.3 is 12.1 Å². The highest BCUT2D eigenvalue weighted by Gasteiger charge is 2.41. The SMILES string of the molecule is O=C(O)Cn1cc(C(=O)C(F)(F)F)c2cc(F)c(Br)cc21. The van der Waals surface area contributed by atoms with Crippen molar-refractivity contribution in [1.29, 1.82) is 0 Å². The van der Waals surface area contributed by atoms with Gasteiger partial charge in [0.25, 0.3) is 5.78 Å². The van der Waals surface area contributed by atoms with E-state index in [2.05, 4.69) is 15.9 Å². The molecule has 0 unspecified atom stereocenters. The van der Waals surface area contributed by atoms with E-state index in [1.165, 1.54) is 0 Å². The molecule has 1 aromatic heterocycles. The first-order chi connectivity index (χ1) is 9.61. The van der Waals surface area contributed by atoms with Crippen LogP contribution in [0, 0.1) is 5.82 Å². The van der Waals surface area contributed by atoms with Crippen molar-refractivity contribution in [3.8, 4) is 0 Å². The Hall–Kier alpha value is -1.90. The molecule has 0 saturated heterocycles. The Morgan fingerprint density at radius 2 is 1.90 bits per heavy atom. The zero-order valence-corrected chi connectivity index (χ0v) is 11.6. The van der Waals surface area contributed by atoms with Crippen LogP contribution in [0.3, 0.4) is 0 Å². The largest absolute Gasteiger partial charge is 0.480 e. The zero-order chi connectivity index (χ0) is 15.9. The second kappa shape index (κ2) is 5.14.